The monoisotopic (exact) mass is 429 g/mol. The van der Waals surface area contributed by atoms with Gasteiger partial charge in [0.15, 0.2) is 16.3 Å². The van der Waals surface area contributed by atoms with Gasteiger partial charge in [0.1, 0.15) is 0 Å². The Balaban J connectivity index is 1.70. The number of hydrogen-bond donors (Lipinski definition) is 1. The Kier molecular flexibility index (Phi) is 5.68. The second kappa shape index (κ2) is 8.25. The molecule has 3 aromatic heterocycles. The van der Waals surface area contributed by atoms with Crippen LogP contribution in [0, 0.1) is 19.8 Å². The first-order chi connectivity index (χ1) is 14.3. The van der Waals surface area contributed by atoms with Gasteiger partial charge in [0.2, 0.25) is 5.95 Å². The molecule has 1 N–H and O–H groups in total. The minimum Gasteiger partial charge on any atom is -0.342 e. The number of hydrogen-bond acceptors (Lipinski definition) is 7. The van der Waals surface area contributed by atoms with Crippen molar-refractivity contribution in [2.45, 2.75) is 45.3 Å². The van der Waals surface area contributed by atoms with Gasteiger partial charge in [-0.25, -0.2) is 14.8 Å². The lowest BCUT2D eigenvalue weighted by molar-refractivity contribution is 0.438. The molecular formula is C20H27N7O2S. The van der Waals surface area contributed by atoms with E-state index in [9.17, 15) is 9.59 Å². The predicted molar refractivity (Wildman–Crippen MR) is 118 cm³/mol. The third kappa shape index (κ3) is 4.00. The van der Waals surface area contributed by atoms with Gasteiger partial charge in [-0.3, -0.25) is 14.3 Å². The predicted octanol–water partition coefficient (Wildman–Crippen LogP) is 1.86. The van der Waals surface area contributed by atoms with Gasteiger partial charge in [-0.05, 0) is 38.7 Å². The summed E-state index contributed by atoms with van der Waals surface area (Å²) in [6.07, 6.45) is 2.28. The third-order valence-corrected chi connectivity index (χ3v) is 6.26. The number of rotatable bonds is 5. The van der Waals surface area contributed by atoms with Crippen molar-refractivity contribution in [3.63, 3.8) is 0 Å². The third-order valence-electron chi connectivity index (χ3n) is 5.43. The highest BCUT2D eigenvalue weighted by molar-refractivity contribution is 7.99. The summed E-state index contributed by atoms with van der Waals surface area (Å²) in [6.45, 7) is 8.50. The zero-order valence-corrected chi connectivity index (χ0v) is 18.6. The summed E-state index contributed by atoms with van der Waals surface area (Å²) >= 11 is 1.55. The maximum atomic E-state index is 12.7. The molecular weight excluding hydrogens is 402 g/mol. The molecule has 0 aliphatic carbocycles. The van der Waals surface area contributed by atoms with Crippen LogP contribution in [-0.2, 0) is 13.6 Å². The van der Waals surface area contributed by atoms with Gasteiger partial charge in [-0.2, -0.15) is 4.98 Å². The molecule has 1 aliphatic rings. The van der Waals surface area contributed by atoms with Gasteiger partial charge in [0.05, 0.1) is 0 Å². The first kappa shape index (κ1) is 20.6. The molecule has 30 heavy (non-hydrogen) atoms. The Labute approximate surface area is 178 Å². The fourth-order valence-electron chi connectivity index (χ4n) is 4.03. The Morgan fingerprint density at radius 3 is 2.63 bits per heavy atom. The summed E-state index contributed by atoms with van der Waals surface area (Å²) in [4.78, 5) is 43.1. The maximum absolute atomic E-state index is 12.7. The number of fused-ring (bicyclic) bond motifs is 1. The molecule has 10 heteroatoms. The second-order valence-electron chi connectivity index (χ2n) is 8.03. The molecule has 0 amide bonds. The number of imidazole rings is 1. The lowest BCUT2D eigenvalue weighted by atomic mass is 10.0. The van der Waals surface area contributed by atoms with Crippen molar-refractivity contribution < 1.29 is 0 Å². The van der Waals surface area contributed by atoms with Crippen LogP contribution in [0.5, 0.6) is 0 Å². The van der Waals surface area contributed by atoms with E-state index in [1.165, 1.54) is 11.0 Å². The average Bonchev–Trinajstić information content (AvgIpc) is 3.06. The SMILES string of the molecule is Cc1cc(C)nc(SCCn2c(N3CCC[C@@H](C)C3)nc3c2c(=O)[nH]c(=O)n3C)n1. The number of piperidine rings is 1. The van der Waals surface area contributed by atoms with Crippen molar-refractivity contribution in [2.75, 3.05) is 23.7 Å². The van der Waals surface area contributed by atoms with Crippen LogP contribution >= 0.6 is 11.8 Å². The van der Waals surface area contributed by atoms with E-state index in [1.807, 2.05) is 24.5 Å². The van der Waals surface area contributed by atoms with Gasteiger partial charge in [0, 0.05) is 43.8 Å². The fourth-order valence-corrected chi connectivity index (χ4v) is 4.91. The summed E-state index contributed by atoms with van der Waals surface area (Å²) < 4.78 is 3.35. The molecule has 0 saturated carbocycles. The van der Waals surface area contributed by atoms with Crippen LogP contribution in [0.1, 0.15) is 31.2 Å². The molecule has 160 valence electrons. The summed E-state index contributed by atoms with van der Waals surface area (Å²) in [7, 11) is 1.64. The molecule has 4 rings (SSSR count). The zero-order valence-electron chi connectivity index (χ0n) is 17.8. The summed E-state index contributed by atoms with van der Waals surface area (Å²) in [5.41, 5.74) is 1.88. The van der Waals surface area contributed by atoms with Crippen LogP contribution in [0.25, 0.3) is 11.2 Å². The molecule has 1 saturated heterocycles. The standard InChI is InChI=1S/C20H27N7O2S/c1-12-6-5-7-26(11-12)19-23-16-15(17(28)24-20(29)25(16)4)27(19)8-9-30-18-21-13(2)10-14(3)22-18/h10,12H,5-9,11H2,1-4H3,(H,24,28,29)/t12-/m1/s1. The number of thioether (sulfide) groups is 1. The van der Waals surface area contributed by atoms with E-state index in [-0.39, 0.29) is 0 Å². The van der Waals surface area contributed by atoms with Gasteiger partial charge in [-0.1, -0.05) is 18.7 Å². The van der Waals surface area contributed by atoms with Crippen molar-refractivity contribution in [1.29, 1.82) is 0 Å². The second-order valence-corrected chi connectivity index (χ2v) is 9.09. The molecule has 0 unspecified atom stereocenters. The van der Waals surface area contributed by atoms with E-state index < -0.39 is 11.2 Å². The molecule has 0 spiro atoms. The highest BCUT2D eigenvalue weighted by Gasteiger charge is 2.24. The van der Waals surface area contributed by atoms with Crippen LogP contribution in [0.15, 0.2) is 20.8 Å². The molecule has 0 aromatic carbocycles. The minimum atomic E-state index is -0.450. The number of H-pyrrole nitrogens is 1. The van der Waals surface area contributed by atoms with Gasteiger partial charge in [-0.15, -0.1) is 0 Å². The Bertz CT molecular complexity index is 1180. The van der Waals surface area contributed by atoms with Gasteiger partial charge in [0.25, 0.3) is 5.56 Å². The molecule has 4 heterocycles. The quantitative estimate of drug-likeness (QED) is 0.488. The van der Waals surface area contributed by atoms with Crippen LogP contribution < -0.4 is 16.1 Å². The van der Waals surface area contributed by atoms with Gasteiger partial charge < -0.3 is 9.47 Å². The van der Waals surface area contributed by atoms with E-state index in [4.69, 9.17) is 4.98 Å². The van der Waals surface area contributed by atoms with E-state index in [2.05, 4.69) is 26.8 Å². The Hall–Kier alpha value is -2.62. The summed E-state index contributed by atoms with van der Waals surface area (Å²) in [6, 6.07) is 1.95. The van der Waals surface area contributed by atoms with E-state index in [0.717, 1.165) is 42.0 Å². The molecule has 0 radical (unpaired) electrons. The number of aromatic nitrogens is 6. The molecule has 0 bridgehead atoms. The zero-order chi connectivity index (χ0) is 21.4. The summed E-state index contributed by atoms with van der Waals surface area (Å²) in [5.74, 6) is 2.00. The number of aryl methyl sites for hydroxylation is 4. The Morgan fingerprint density at radius 2 is 1.93 bits per heavy atom. The Morgan fingerprint density at radius 1 is 1.20 bits per heavy atom. The topological polar surface area (TPSA) is 102 Å². The average molecular weight is 430 g/mol. The highest BCUT2D eigenvalue weighted by atomic mass is 32.2. The number of nitrogens with zero attached hydrogens (tertiary/aromatic N) is 6. The number of aromatic amines is 1. The van der Waals surface area contributed by atoms with Crippen LogP contribution in [-0.4, -0.2) is 47.9 Å². The highest BCUT2D eigenvalue weighted by Crippen LogP contribution is 2.26. The lowest BCUT2D eigenvalue weighted by Gasteiger charge is -2.32. The maximum Gasteiger partial charge on any atom is 0.329 e. The largest absolute Gasteiger partial charge is 0.342 e. The molecule has 1 aliphatic heterocycles. The van der Waals surface area contributed by atoms with Crippen molar-refractivity contribution in [1.82, 2.24) is 29.1 Å². The van der Waals surface area contributed by atoms with Crippen LogP contribution in [0.4, 0.5) is 5.95 Å². The fraction of sp³-hybridized carbons (Fsp3) is 0.550. The molecule has 9 nitrogen and oxygen atoms in total. The van der Waals surface area contributed by atoms with Gasteiger partial charge >= 0.3 is 5.69 Å². The van der Waals surface area contributed by atoms with Crippen LogP contribution in [0.3, 0.4) is 0 Å². The smallest absolute Gasteiger partial charge is 0.329 e. The first-order valence-corrected chi connectivity index (χ1v) is 11.2. The van der Waals surface area contributed by atoms with Crippen molar-refractivity contribution in [2.24, 2.45) is 13.0 Å². The molecule has 1 atom stereocenters. The van der Waals surface area contributed by atoms with Crippen molar-refractivity contribution in [3.05, 3.63) is 38.3 Å². The normalized spacial score (nSPS) is 17.1. The van der Waals surface area contributed by atoms with Crippen LogP contribution in [0.2, 0.25) is 0 Å². The molecule has 3 aromatic rings. The lowest BCUT2D eigenvalue weighted by Crippen LogP contribution is -2.36. The molecule has 1 fully saturated rings. The van der Waals surface area contributed by atoms with Crippen molar-refractivity contribution >= 4 is 28.9 Å². The first-order valence-electron chi connectivity index (χ1n) is 10.2. The van der Waals surface area contributed by atoms with E-state index in [1.54, 1.807) is 18.8 Å². The summed E-state index contributed by atoms with van der Waals surface area (Å²) in [5, 5.41) is 0.728. The van der Waals surface area contributed by atoms with E-state index >= 15 is 0 Å². The number of nitrogens with one attached hydrogen (secondary N) is 1. The van der Waals surface area contributed by atoms with E-state index in [0.29, 0.717) is 29.4 Å². The minimum absolute atomic E-state index is 0.399. The van der Waals surface area contributed by atoms with Crippen molar-refractivity contribution in [3.8, 4) is 0 Å². The number of anilines is 1.